The molecule has 1 heterocycles. The Labute approximate surface area is 136 Å². The third kappa shape index (κ3) is 3.91. The minimum absolute atomic E-state index is 0.257. The van der Waals surface area contributed by atoms with Crippen LogP contribution in [-0.4, -0.2) is 28.6 Å². The Morgan fingerprint density at radius 2 is 1.82 bits per heavy atom. The number of aromatic amines is 1. The Morgan fingerprint density at radius 1 is 1.14 bits per heavy atom. The molecule has 0 spiro atoms. The molecule has 0 aliphatic heterocycles. The number of hydrogen-bond donors (Lipinski definition) is 1. The van der Waals surface area contributed by atoms with Gasteiger partial charge in [0.25, 0.3) is 0 Å². The number of ether oxygens (including phenoxy) is 2. The van der Waals surface area contributed by atoms with Crippen LogP contribution in [0.4, 0.5) is 0 Å². The van der Waals surface area contributed by atoms with Crippen LogP contribution < -0.4 is 9.47 Å². The summed E-state index contributed by atoms with van der Waals surface area (Å²) in [5.74, 6) is 1.68. The van der Waals surface area contributed by atoms with Crippen molar-refractivity contribution in [3.8, 4) is 11.5 Å². The van der Waals surface area contributed by atoms with Gasteiger partial charge < -0.3 is 9.47 Å². The van der Waals surface area contributed by atoms with Gasteiger partial charge in [-0.1, -0.05) is 18.5 Å². The molecule has 1 aromatic heterocycles. The Morgan fingerprint density at radius 3 is 2.36 bits per heavy atom. The highest BCUT2D eigenvalue weighted by atomic mass is 35.5. The van der Waals surface area contributed by atoms with Crippen molar-refractivity contribution < 1.29 is 9.47 Å². The fourth-order valence-corrected chi connectivity index (χ4v) is 2.76. The molecule has 120 valence electrons. The van der Waals surface area contributed by atoms with Crippen LogP contribution in [0.5, 0.6) is 11.5 Å². The maximum absolute atomic E-state index is 6.47. The molecule has 1 unspecified atom stereocenters. The summed E-state index contributed by atoms with van der Waals surface area (Å²) in [5.41, 5.74) is 1.98. The van der Waals surface area contributed by atoms with Crippen LogP contribution in [0.25, 0.3) is 0 Å². The van der Waals surface area contributed by atoms with Crippen LogP contribution in [-0.2, 0) is 6.42 Å². The van der Waals surface area contributed by atoms with E-state index < -0.39 is 0 Å². The normalized spacial score (nSPS) is 12.2. The number of halogens is 1. The summed E-state index contributed by atoms with van der Waals surface area (Å²) < 4.78 is 11.3. The molecule has 2 rings (SSSR count). The fraction of sp³-hybridized carbons (Fsp3) is 0.500. The first-order valence-electron chi connectivity index (χ1n) is 7.63. The summed E-state index contributed by atoms with van der Waals surface area (Å²) in [6, 6.07) is 3.84. The number of aromatic nitrogens is 3. The van der Waals surface area contributed by atoms with Gasteiger partial charge in [0.15, 0.2) is 11.5 Å². The van der Waals surface area contributed by atoms with E-state index >= 15 is 0 Å². The van der Waals surface area contributed by atoms with Gasteiger partial charge in [-0.15, -0.1) is 0 Å². The van der Waals surface area contributed by atoms with Crippen LogP contribution in [0, 0.1) is 0 Å². The van der Waals surface area contributed by atoms with Crippen LogP contribution in [0.15, 0.2) is 18.3 Å². The minimum atomic E-state index is 0.257. The van der Waals surface area contributed by atoms with E-state index in [1.165, 1.54) is 0 Å². The number of benzene rings is 1. The molecule has 0 radical (unpaired) electrons. The Kier molecular flexibility index (Phi) is 6.07. The second-order valence-electron chi connectivity index (χ2n) is 4.96. The second-order valence-corrected chi connectivity index (χ2v) is 5.36. The van der Waals surface area contributed by atoms with Gasteiger partial charge in [-0.05, 0) is 37.8 Å². The van der Waals surface area contributed by atoms with Crippen molar-refractivity contribution in [2.45, 2.75) is 39.5 Å². The number of rotatable bonds is 8. The van der Waals surface area contributed by atoms with Crippen molar-refractivity contribution in [2.24, 2.45) is 0 Å². The zero-order valence-corrected chi connectivity index (χ0v) is 14.0. The minimum Gasteiger partial charge on any atom is -0.490 e. The summed E-state index contributed by atoms with van der Waals surface area (Å²) in [6.07, 6.45) is 3.48. The van der Waals surface area contributed by atoms with Crippen molar-refractivity contribution in [3.63, 3.8) is 0 Å². The van der Waals surface area contributed by atoms with Crippen LogP contribution in [0.2, 0.25) is 5.02 Å². The zero-order valence-electron chi connectivity index (χ0n) is 13.2. The molecule has 0 aliphatic rings. The molecule has 2 aromatic rings. The molecule has 0 fully saturated rings. The number of nitrogens with zero attached hydrogens (tertiary/aromatic N) is 2. The van der Waals surface area contributed by atoms with Gasteiger partial charge in [-0.2, -0.15) is 15.4 Å². The van der Waals surface area contributed by atoms with Crippen LogP contribution in [0.3, 0.4) is 0 Å². The summed E-state index contributed by atoms with van der Waals surface area (Å²) in [5, 5.41) is 11.3. The van der Waals surface area contributed by atoms with Crippen molar-refractivity contribution in [1.82, 2.24) is 15.4 Å². The van der Waals surface area contributed by atoms with Crippen molar-refractivity contribution in [3.05, 3.63) is 34.6 Å². The van der Waals surface area contributed by atoms with Gasteiger partial charge in [-0.3, -0.25) is 0 Å². The molecule has 0 bridgehead atoms. The molecule has 1 N–H and O–H groups in total. The monoisotopic (exact) mass is 323 g/mol. The van der Waals surface area contributed by atoms with Gasteiger partial charge in [0.2, 0.25) is 0 Å². The number of hydrogen-bond acceptors (Lipinski definition) is 4. The van der Waals surface area contributed by atoms with E-state index in [2.05, 4.69) is 22.3 Å². The predicted molar refractivity (Wildman–Crippen MR) is 86.9 cm³/mol. The summed E-state index contributed by atoms with van der Waals surface area (Å²) in [4.78, 5) is 0. The van der Waals surface area contributed by atoms with Crippen molar-refractivity contribution in [1.29, 1.82) is 0 Å². The first-order chi connectivity index (χ1) is 10.7. The van der Waals surface area contributed by atoms with Gasteiger partial charge >= 0.3 is 0 Å². The largest absolute Gasteiger partial charge is 0.490 e. The SMILES string of the molecule is CCOc1cc(Cl)c(C(CC)Cc2cn[nH]n2)cc1OCC. The third-order valence-electron chi connectivity index (χ3n) is 3.52. The lowest BCUT2D eigenvalue weighted by Gasteiger charge is -2.19. The van der Waals surface area contributed by atoms with E-state index in [0.717, 1.165) is 29.8 Å². The lowest BCUT2D eigenvalue weighted by molar-refractivity contribution is 0.287. The standard InChI is InChI=1S/C16H22ClN3O2/c1-4-11(7-12-10-18-20-19-12)13-8-15(21-5-2)16(22-6-3)9-14(13)17/h8-11H,4-7H2,1-3H3,(H,18,19,20). The average molecular weight is 324 g/mol. The van der Waals surface area contributed by atoms with E-state index in [1.54, 1.807) is 6.20 Å². The molecule has 5 nitrogen and oxygen atoms in total. The topological polar surface area (TPSA) is 60.0 Å². The number of nitrogens with one attached hydrogen (secondary N) is 1. The summed E-state index contributed by atoms with van der Waals surface area (Å²) in [6.45, 7) is 7.19. The van der Waals surface area contributed by atoms with E-state index in [0.29, 0.717) is 24.0 Å². The molecule has 0 aliphatic carbocycles. The Hall–Kier alpha value is -1.75. The molecule has 1 aromatic carbocycles. The van der Waals surface area contributed by atoms with E-state index in [4.69, 9.17) is 21.1 Å². The van der Waals surface area contributed by atoms with E-state index in [9.17, 15) is 0 Å². The summed E-state index contributed by atoms with van der Waals surface area (Å²) in [7, 11) is 0. The highest BCUT2D eigenvalue weighted by molar-refractivity contribution is 6.31. The second kappa shape index (κ2) is 8.03. The highest BCUT2D eigenvalue weighted by Crippen LogP contribution is 2.38. The first-order valence-corrected chi connectivity index (χ1v) is 8.00. The maximum Gasteiger partial charge on any atom is 0.162 e. The summed E-state index contributed by atoms with van der Waals surface area (Å²) >= 11 is 6.47. The van der Waals surface area contributed by atoms with Crippen molar-refractivity contribution in [2.75, 3.05) is 13.2 Å². The van der Waals surface area contributed by atoms with Crippen LogP contribution in [0.1, 0.15) is 44.4 Å². The van der Waals surface area contributed by atoms with Gasteiger partial charge in [0.05, 0.1) is 25.1 Å². The lowest BCUT2D eigenvalue weighted by atomic mass is 9.91. The zero-order chi connectivity index (χ0) is 15.9. The molecule has 0 saturated carbocycles. The molecule has 22 heavy (non-hydrogen) atoms. The fourth-order valence-electron chi connectivity index (χ4n) is 2.45. The molecule has 0 amide bonds. The molecule has 1 atom stereocenters. The van der Waals surface area contributed by atoms with Gasteiger partial charge in [0.1, 0.15) is 0 Å². The number of H-pyrrole nitrogens is 1. The van der Waals surface area contributed by atoms with E-state index in [1.807, 2.05) is 26.0 Å². The Bertz CT molecular complexity index is 587. The molecular formula is C16H22ClN3O2. The predicted octanol–water partition coefficient (Wildman–Crippen LogP) is 3.99. The van der Waals surface area contributed by atoms with Crippen molar-refractivity contribution >= 4 is 11.6 Å². The van der Waals surface area contributed by atoms with Gasteiger partial charge in [-0.25, -0.2) is 0 Å². The quantitative estimate of drug-likeness (QED) is 0.798. The van der Waals surface area contributed by atoms with E-state index in [-0.39, 0.29) is 5.92 Å². The molecular weight excluding hydrogens is 302 g/mol. The third-order valence-corrected chi connectivity index (χ3v) is 3.84. The van der Waals surface area contributed by atoms with Crippen LogP contribution >= 0.6 is 11.6 Å². The van der Waals surface area contributed by atoms with Gasteiger partial charge in [0, 0.05) is 17.5 Å². The smallest absolute Gasteiger partial charge is 0.162 e. The first kappa shape index (κ1) is 16.6. The maximum atomic E-state index is 6.47. The average Bonchev–Trinajstić information content (AvgIpc) is 3.01. The highest BCUT2D eigenvalue weighted by Gasteiger charge is 2.19. The molecule has 6 heteroatoms. The Balaban J connectivity index is 2.32. The molecule has 0 saturated heterocycles. The lowest BCUT2D eigenvalue weighted by Crippen LogP contribution is -2.06.